The molecule has 0 radical (unpaired) electrons. The zero-order valence-electron chi connectivity index (χ0n) is 73.1. The molecule has 6 atom stereocenters. The van der Waals surface area contributed by atoms with E-state index in [2.05, 4.69) is 34.6 Å². The van der Waals surface area contributed by atoms with Gasteiger partial charge in [-0.2, -0.15) is 0 Å². The molecule has 0 aliphatic heterocycles. The summed E-state index contributed by atoms with van der Waals surface area (Å²) in [5.74, 6) is -1.22. The number of esters is 4. The van der Waals surface area contributed by atoms with Crippen molar-refractivity contribution < 1.29 is 80.2 Å². The van der Waals surface area contributed by atoms with Gasteiger partial charge in [-0.05, 0) is 31.6 Å². The van der Waals surface area contributed by atoms with Crippen LogP contribution < -0.4 is 0 Å². The van der Waals surface area contributed by atoms with Crippen LogP contribution >= 0.6 is 15.6 Å². The Morgan fingerprint density at radius 3 is 0.640 bits per heavy atom. The lowest BCUT2D eigenvalue weighted by molar-refractivity contribution is -0.161. The standard InChI is InChI=1S/C92H180O17P2/c1-6-10-13-16-19-22-25-27-29-31-33-34-35-40-43-47-51-56-61-66-71-76-90(95)103-82-88(109-92(97)78-73-68-63-58-53-49-45-41-37-36-38-42-46-50-54-59-64-69-74-85(5)9-4)84-107-111(100,101)105-80-86(93)79-104-110(98,99)106-83-87(81-102-89(94)75-70-65-60-55-24-21-18-15-12-8-3)108-91(96)77-72-67-62-57-52-48-44-39-32-30-28-26-23-20-17-14-11-7-2/h85-88,93H,6-84H2,1-5H3,(H,98,99)(H,100,101)/t85?,86-,87+,88+/m0/s1. The highest BCUT2D eigenvalue weighted by Gasteiger charge is 2.31. The van der Waals surface area contributed by atoms with Crippen molar-refractivity contribution in [3.8, 4) is 0 Å². The summed E-state index contributed by atoms with van der Waals surface area (Å²) >= 11 is 0. The van der Waals surface area contributed by atoms with Gasteiger partial charge in [-0.3, -0.25) is 37.3 Å². The number of hydrogen-bond acceptors (Lipinski definition) is 15. The molecule has 0 fully saturated rings. The topological polar surface area (TPSA) is 237 Å². The molecule has 0 saturated carbocycles. The Kier molecular flexibility index (Phi) is 83.0. The SMILES string of the molecule is CCCCCCCCCCCCCCCCCCCCCCCC(=O)OC[C@H](COP(=O)(O)OC[C@@H](O)COP(=O)(O)OC[C@@H](COC(=O)CCCCCCCCCCCC)OC(=O)CCCCCCCCCCCCCCCCCCCC)OC(=O)CCCCCCCCCCCCCCCCCCCCC(C)CC. The van der Waals surface area contributed by atoms with E-state index in [1.807, 2.05) is 0 Å². The second-order valence-electron chi connectivity index (χ2n) is 33.3. The molecule has 0 aromatic rings. The van der Waals surface area contributed by atoms with Crippen LogP contribution in [0.3, 0.4) is 0 Å². The van der Waals surface area contributed by atoms with Crippen LogP contribution in [-0.2, 0) is 65.4 Å². The number of phosphoric acid groups is 2. The van der Waals surface area contributed by atoms with E-state index in [4.69, 9.17) is 37.0 Å². The lowest BCUT2D eigenvalue weighted by atomic mass is 9.99. The number of aliphatic hydroxyl groups excluding tert-OH is 1. The van der Waals surface area contributed by atoms with Crippen molar-refractivity contribution in [1.29, 1.82) is 0 Å². The molecule has 0 aliphatic rings. The number of carbonyl (C=O) groups excluding carboxylic acids is 4. The summed E-state index contributed by atoms with van der Waals surface area (Å²) in [6.07, 6.45) is 80.7. The molecule has 111 heavy (non-hydrogen) atoms. The largest absolute Gasteiger partial charge is 0.472 e. The molecule has 17 nitrogen and oxygen atoms in total. The van der Waals surface area contributed by atoms with Crippen LogP contribution in [0.4, 0.5) is 0 Å². The molecule has 660 valence electrons. The molecule has 0 bridgehead atoms. The van der Waals surface area contributed by atoms with Crippen LogP contribution in [0.2, 0.25) is 0 Å². The summed E-state index contributed by atoms with van der Waals surface area (Å²) < 4.78 is 69.1. The van der Waals surface area contributed by atoms with Crippen LogP contribution in [0.15, 0.2) is 0 Å². The number of carbonyl (C=O) groups is 4. The summed E-state index contributed by atoms with van der Waals surface area (Å²) in [6.45, 7) is 7.46. The minimum atomic E-state index is -4.97. The molecule has 0 amide bonds. The van der Waals surface area contributed by atoms with E-state index in [0.717, 1.165) is 95.8 Å². The predicted molar refractivity (Wildman–Crippen MR) is 460 cm³/mol. The Balaban J connectivity index is 5.21. The van der Waals surface area contributed by atoms with Crippen molar-refractivity contribution in [2.45, 2.75) is 522 Å². The lowest BCUT2D eigenvalue weighted by Crippen LogP contribution is -2.30. The smallest absolute Gasteiger partial charge is 0.462 e. The highest BCUT2D eigenvalue weighted by molar-refractivity contribution is 7.47. The second kappa shape index (κ2) is 84.5. The molecule has 19 heteroatoms. The van der Waals surface area contributed by atoms with E-state index >= 15 is 0 Å². The minimum absolute atomic E-state index is 0.109. The molecule has 0 aliphatic carbocycles. The molecule has 3 N–H and O–H groups in total. The third-order valence-electron chi connectivity index (χ3n) is 22.1. The number of ether oxygens (including phenoxy) is 4. The van der Waals surface area contributed by atoms with E-state index in [-0.39, 0.29) is 25.7 Å². The average Bonchev–Trinajstić information content (AvgIpc) is 0.899. The zero-order chi connectivity index (χ0) is 81.1. The highest BCUT2D eigenvalue weighted by Crippen LogP contribution is 2.45. The Morgan fingerprint density at radius 1 is 0.252 bits per heavy atom. The Hall–Kier alpha value is -1.94. The number of aliphatic hydroxyl groups is 1. The molecule has 0 aromatic carbocycles. The van der Waals surface area contributed by atoms with E-state index in [9.17, 15) is 43.2 Å². The number of phosphoric ester groups is 2. The summed E-state index contributed by atoms with van der Waals surface area (Å²) in [4.78, 5) is 73.4. The van der Waals surface area contributed by atoms with Gasteiger partial charge >= 0.3 is 39.5 Å². The van der Waals surface area contributed by atoms with Crippen molar-refractivity contribution in [2.24, 2.45) is 5.92 Å². The van der Waals surface area contributed by atoms with E-state index in [1.54, 1.807) is 0 Å². The van der Waals surface area contributed by atoms with Crippen LogP contribution in [0, 0.1) is 5.92 Å². The van der Waals surface area contributed by atoms with E-state index < -0.39 is 97.5 Å². The molecule has 0 heterocycles. The fourth-order valence-electron chi connectivity index (χ4n) is 14.5. The van der Waals surface area contributed by atoms with Gasteiger partial charge < -0.3 is 33.8 Å². The molecular formula is C92H180O17P2. The zero-order valence-corrected chi connectivity index (χ0v) is 74.9. The quantitative estimate of drug-likeness (QED) is 0.0222. The third kappa shape index (κ3) is 84.3. The average molecular weight is 1620 g/mol. The molecule has 0 rings (SSSR count). The van der Waals surface area contributed by atoms with Gasteiger partial charge in [0.2, 0.25) is 0 Å². The number of hydrogen-bond donors (Lipinski definition) is 3. The van der Waals surface area contributed by atoms with Crippen LogP contribution in [0.25, 0.3) is 0 Å². The molecule has 3 unspecified atom stereocenters. The van der Waals surface area contributed by atoms with Crippen molar-refractivity contribution in [2.75, 3.05) is 39.6 Å². The lowest BCUT2D eigenvalue weighted by Gasteiger charge is -2.21. The first kappa shape index (κ1) is 109. The highest BCUT2D eigenvalue weighted by atomic mass is 31.2. The van der Waals surface area contributed by atoms with Crippen LogP contribution in [0.1, 0.15) is 503 Å². The third-order valence-corrected chi connectivity index (χ3v) is 24.0. The molecule has 0 spiro atoms. The van der Waals surface area contributed by atoms with Gasteiger partial charge in [0.25, 0.3) is 0 Å². The van der Waals surface area contributed by atoms with Gasteiger partial charge in [-0.25, -0.2) is 9.13 Å². The van der Waals surface area contributed by atoms with Crippen LogP contribution in [0.5, 0.6) is 0 Å². The second-order valence-corrected chi connectivity index (χ2v) is 36.2. The molecule has 0 aromatic heterocycles. The Bertz CT molecular complexity index is 2100. The van der Waals surface area contributed by atoms with Crippen molar-refractivity contribution >= 4 is 39.5 Å². The van der Waals surface area contributed by atoms with Crippen LogP contribution in [-0.4, -0.2) is 96.7 Å². The summed E-state index contributed by atoms with van der Waals surface area (Å²) in [5, 5.41) is 10.7. The van der Waals surface area contributed by atoms with Gasteiger partial charge in [0.05, 0.1) is 26.4 Å². The fourth-order valence-corrected chi connectivity index (χ4v) is 16.1. The number of rotatable bonds is 92. The normalized spacial score (nSPS) is 13.9. The molecule has 0 saturated heterocycles. The van der Waals surface area contributed by atoms with Gasteiger partial charge in [0, 0.05) is 25.7 Å². The maximum absolute atomic E-state index is 13.2. The predicted octanol–water partition coefficient (Wildman–Crippen LogP) is 28.7. The maximum Gasteiger partial charge on any atom is 0.472 e. The summed E-state index contributed by atoms with van der Waals surface area (Å²) in [6, 6.07) is 0. The number of unbranched alkanes of at least 4 members (excludes halogenated alkanes) is 63. The van der Waals surface area contributed by atoms with E-state index in [1.165, 1.54) is 327 Å². The van der Waals surface area contributed by atoms with Gasteiger partial charge in [-0.15, -0.1) is 0 Å². The molecular weight excluding hydrogens is 1440 g/mol. The minimum Gasteiger partial charge on any atom is -0.462 e. The first-order chi connectivity index (χ1) is 54.1. The fraction of sp³-hybridized carbons (Fsp3) is 0.957. The van der Waals surface area contributed by atoms with Crippen molar-refractivity contribution in [3.05, 3.63) is 0 Å². The van der Waals surface area contributed by atoms with Gasteiger partial charge in [0.15, 0.2) is 12.2 Å². The van der Waals surface area contributed by atoms with E-state index in [0.29, 0.717) is 25.7 Å². The Labute approximate surface area is 683 Å². The van der Waals surface area contributed by atoms with Crippen molar-refractivity contribution in [3.63, 3.8) is 0 Å². The maximum atomic E-state index is 13.2. The van der Waals surface area contributed by atoms with Crippen molar-refractivity contribution in [1.82, 2.24) is 0 Å². The monoisotopic (exact) mass is 1620 g/mol. The summed E-state index contributed by atoms with van der Waals surface area (Å²) in [7, 11) is -9.93. The first-order valence-electron chi connectivity index (χ1n) is 47.7. The first-order valence-corrected chi connectivity index (χ1v) is 50.7. The summed E-state index contributed by atoms with van der Waals surface area (Å²) in [5.41, 5.74) is 0. The van der Waals surface area contributed by atoms with Gasteiger partial charge in [-0.1, -0.05) is 452 Å². The Morgan fingerprint density at radius 2 is 0.432 bits per heavy atom. The van der Waals surface area contributed by atoms with Gasteiger partial charge in [0.1, 0.15) is 19.3 Å².